The van der Waals surface area contributed by atoms with Gasteiger partial charge in [-0.05, 0) is 0 Å². The predicted molar refractivity (Wildman–Crippen MR) is 44.3 cm³/mol. The molecule has 0 aromatic carbocycles. The lowest BCUT2D eigenvalue weighted by molar-refractivity contribution is -0.220. The standard InChI is InChI=1S/C5H13N2O6P/c6-1-2-7-4(5(8)9)3-13-14(10,11)12/h4,7H,1-3,6H2,(H,8,9)(H2,10,11,12)/p-1/t4-/m0/s1. The van der Waals surface area contributed by atoms with Crippen molar-refractivity contribution < 1.29 is 28.8 Å². The minimum absolute atomic E-state index is 0.203. The highest BCUT2D eigenvalue weighted by molar-refractivity contribution is 7.44. The predicted octanol–water partition coefficient (Wildman–Crippen LogP) is -2.53. The van der Waals surface area contributed by atoms with E-state index in [0.29, 0.717) is 0 Å². The first-order valence-corrected chi connectivity index (χ1v) is 5.21. The SMILES string of the molecule is NCCN[C@@H](COP(=O)([O-])O)C(=O)O. The Labute approximate surface area is 80.3 Å². The second kappa shape index (κ2) is 6.07. The summed E-state index contributed by atoms with van der Waals surface area (Å²) in [5, 5.41) is 11.0. The molecule has 0 bridgehead atoms. The molecule has 0 aromatic rings. The van der Waals surface area contributed by atoms with Crippen LogP contribution in [0.1, 0.15) is 0 Å². The Morgan fingerprint density at radius 1 is 1.71 bits per heavy atom. The number of hydrogen-bond acceptors (Lipinski definition) is 6. The normalized spacial score (nSPS) is 17.4. The molecule has 0 saturated carbocycles. The van der Waals surface area contributed by atoms with E-state index >= 15 is 0 Å². The van der Waals surface area contributed by atoms with Gasteiger partial charge in [0.1, 0.15) is 6.04 Å². The third-order valence-electron chi connectivity index (χ3n) is 1.24. The highest BCUT2D eigenvalue weighted by atomic mass is 31.2. The molecule has 9 heteroatoms. The maximum Gasteiger partial charge on any atom is 0.323 e. The zero-order chi connectivity index (χ0) is 11.2. The van der Waals surface area contributed by atoms with Crippen LogP contribution < -0.4 is 15.9 Å². The van der Waals surface area contributed by atoms with Gasteiger partial charge in [-0.3, -0.25) is 9.36 Å². The lowest BCUT2D eigenvalue weighted by atomic mass is 10.3. The molecule has 8 nitrogen and oxygen atoms in total. The van der Waals surface area contributed by atoms with Crippen molar-refractivity contribution in [2.24, 2.45) is 5.73 Å². The summed E-state index contributed by atoms with van der Waals surface area (Å²) in [5.74, 6) is -1.29. The molecule has 0 heterocycles. The Bertz CT molecular complexity index is 228. The maximum absolute atomic E-state index is 10.5. The van der Waals surface area contributed by atoms with Crippen LogP contribution >= 0.6 is 7.82 Å². The van der Waals surface area contributed by atoms with Gasteiger partial charge in [-0.1, -0.05) is 0 Å². The molecule has 0 spiro atoms. The Hall–Kier alpha value is -0.500. The molecular weight excluding hydrogens is 215 g/mol. The summed E-state index contributed by atoms with van der Waals surface area (Å²) >= 11 is 0. The highest BCUT2D eigenvalue weighted by Crippen LogP contribution is 2.29. The summed E-state index contributed by atoms with van der Waals surface area (Å²) in [5.41, 5.74) is 5.10. The van der Waals surface area contributed by atoms with Gasteiger partial charge < -0.3 is 30.5 Å². The first kappa shape index (κ1) is 13.5. The fraction of sp³-hybridized carbons (Fsp3) is 0.800. The number of nitrogens with two attached hydrogens (primary N) is 1. The summed E-state index contributed by atoms with van der Waals surface area (Å²) in [4.78, 5) is 28.8. The van der Waals surface area contributed by atoms with Crippen LogP contribution in [0.15, 0.2) is 0 Å². The van der Waals surface area contributed by atoms with Crippen molar-refractivity contribution in [2.75, 3.05) is 19.7 Å². The highest BCUT2D eigenvalue weighted by Gasteiger charge is 2.18. The molecule has 0 saturated heterocycles. The van der Waals surface area contributed by atoms with Crippen LogP contribution in [0.2, 0.25) is 0 Å². The van der Waals surface area contributed by atoms with Crippen LogP contribution in [0.3, 0.4) is 0 Å². The van der Waals surface area contributed by atoms with Gasteiger partial charge in [-0.2, -0.15) is 0 Å². The van der Waals surface area contributed by atoms with Crippen LogP contribution in [-0.2, 0) is 13.9 Å². The van der Waals surface area contributed by atoms with E-state index in [-0.39, 0.29) is 13.1 Å². The summed E-state index contributed by atoms with van der Waals surface area (Å²) in [7, 11) is -4.88. The average molecular weight is 227 g/mol. The molecule has 0 rings (SSSR count). The molecule has 0 aliphatic rings. The van der Waals surface area contributed by atoms with Crippen LogP contribution in [-0.4, -0.2) is 41.7 Å². The van der Waals surface area contributed by atoms with Gasteiger partial charge in [0.2, 0.25) is 0 Å². The van der Waals surface area contributed by atoms with E-state index in [0.717, 1.165) is 0 Å². The third kappa shape index (κ3) is 6.96. The average Bonchev–Trinajstić information content (AvgIpc) is 2.01. The Morgan fingerprint density at radius 2 is 2.29 bits per heavy atom. The van der Waals surface area contributed by atoms with E-state index in [1.807, 2.05) is 0 Å². The van der Waals surface area contributed by atoms with Gasteiger partial charge in [0, 0.05) is 13.1 Å². The van der Waals surface area contributed by atoms with E-state index in [9.17, 15) is 14.3 Å². The van der Waals surface area contributed by atoms with Crippen molar-refractivity contribution in [1.82, 2.24) is 5.32 Å². The lowest BCUT2D eigenvalue weighted by Gasteiger charge is -2.19. The molecule has 0 amide bonds. The van der Waals surface area contributed by atoms with E-state index in [2.05, 4.69) is 9.84 Å². The summed E-state index contributed by atoms with van der Waals surface area (Å²) in [6.07, 6.45) is 0. The van der Waals surface area contributed by atoms with Gasteiger partial charge in [-0.25, -0.2) is 0 Å². The van der Waals surface area contributed by atoms with Gasteiger partial charge in [-0.15, -0.1) is 0 Å². The largest absolute Gasteiger partial charge is 0.756 e. The zero-order valence-electron chi connectivity index (χ0n) is 7.25. The summed E-state index contributed by atoms with van der Waals surface area (Å²) in [6.45, 7) is -0.264. The van der Waals surface area contributed by atoms with E-state index in [1.165, 1.54) is 0 Å². The quantitative estimate of drug-likeness (QED) is 0.348. The van der Waals surface area contributed by atoms with Crippen molar-refractivity contribution in [3.05, 3.63) is 0 Å². The molecule has 1 unspecified atom stereocenters. The van der Waals surface area contributed by atoms with Crippen LogP contribution in [0.4, 0.5) is 0 Å². The fourth-order valence-electron chi connectivity index (χ4n) is 0.644. The number of rotatable bonds is 7. The topological polar surface area (TPSA) is 145 Å². The van der Waals surface area contributed by atoms with Crippen LogP contribution in [0.25, 0.3) is 0 Å². The van der Waals surface area contributed by atoms with E-state index in [4.69, 9.17) is 15.7 Å². The number of carbonyl (C=O) groups is 1. The summed E-state index contributed by atoms with van der Waals surface area (Å²) in [6, 6.07) is -1.21. The van der Waals surface area contributed by atoms with E-state index < -0.39 is 26.4 Å². The first-order valence-electron chi connectivity index (χ1n) is 3.71. The second-order valence-electron chi connectivity index (χ2n) is 2.40. The van der Waals surface area contributed by atoms with Gasteiger partial charge in [0.15, 0.2) is 0 Å². The van der Waals surface area contributed by atoms with Crippen LogP contribution in [0.5, 0.6) is 0 Å². The Kier molecular flexibility index (Phi) is 5.86. The van der Waals surface area contributed by atoms with Gasteiger partial charge in [0.05, 0.1) is 6.61 Å². The van der Waals surface area contributed by atoms with Crippen molar-refractivity contribution >= 4 is 13.8 Å². The number of aliphatic carboxylic acids is 1. The van der Waals surface area contributed by atoms with Crippen molar-refractivity contribution in [2.45, 2.75) is 6.04 Å². The number of phosphoric ester groups is 1. The van der Waals surface area contributed by atoms with E-state index in [1.54, 1.807) is 0 Å². The van der Waals surface area contributed by atoms with Gasteiger partial charge in [0.25, 0.3) is 7.82 Å². The van der Waals surface area contributed by atoms with Crippen molar-refractivity contribution in [1.29, 1.82) is 0 Å². The molecule has 0 aliphatic carbocycles. The second-order valence-corrected chi connectivity index (χ2v) is 3.59. The van der Waals surface area contributed by atoms with Crippen molar-refractivity contribution in [3.8, 4) is 0 Å². The third-order valence-corrected chi connectivity index (χ3v) is 1.71. The maximum atomic E-state index is 10.5. The van der Waals surface area contributed by atoms with Gasteiger partial charge >= 0.3 is 5.97 Å². The number of carboxylic acids is 1. The molecular formula is C5H12N2O6P-. The van der Waals surface area contributed by atoms with Crippen LogP contribution in [0, 0.1) is 0 Å². The summed E-state index contributed by atoms with van der Waals surface area (Å²) < 4.78 is 14.1. The lowest BCUT2D eigenvalue weighted by Crippen LogP contribution is -2.42. The number of phosphoric acid groups is 1. The zero-order valence-corrected chi connectivity index (χ0v) is 8.15. The number of nitrogens with one attached hydrogen (secondary N) is 1. The molecule has 2 atom stereocenters. The van der Waals surface area contributed by atoms with Crippen molar-refractivity contribution in [3.63, 3.8) is 0 Å². The molecule has 14 heavy (non-hydrogen) atoms. The monoisotopic (exact) mass is 227 g/mol. The Morgan fingerprint density at radius 3 is 2.64 bits per heavy atom. The first-order chi connectivity index (χ1) is 6.37. The molecule has 0 radical (unpaired) electrons. The molecule has 5 N–H and O–H groups in total. The number of carboxylic acid groups (broad SMARTS) is 1. The number of hydrogen-bond donors (Lipinski definition) is 4. The molecule has 0 aromatic heterocycles. The minimum Gasteiger partial charge on any atom is -0.756 e. The molecule has 0 aliphatic heterocycles. The molecule has 84 valence electrons. The smallest absolute Gasteiger partial charge is 0.323 e. The fourth-order valence-corrected chi connectivity index (χ4v) is 0.981. The molecule has 0 fully saturated rings. The minimum atomic E-state index is -4.88. The Balaban J connectivity index is 3.98.